The van der Waals surface area contributed by atoms with Crippen molar-refractivity contribution >= 4 is 21.4 Å². The summed E-state index contributed by atoms with van der Waals surface area (Å²) < 4.78 is 23.8. The molecular weight excluding hydrogens is 264 g/mol. The smallest absolute Gasteiger partial charge is 0.226 e. The number of para-hydroxylation sites is 1. The molecular formula is C13H20N2O3S. The van der Waals surface area contributed by atoms with E-state index in [1.807, 2.05) is 0 Å². The van der Waals surface area contributed by atoms with Crippen molar-refractivity contribution in [2.45, 2.75) is 37.6 Å². The van der Waals surface area contributed by atoms with Crippen molar-refractivity contribution in [3.63, 3.8) is 0 Å². The SMILES string of the molecule is CCS(=O)(=O)c1ccccc1NC(=O)CC(C)(C)N. The molecule has 0 saturated heterocycles. The fourth-order valence-corrected chi connectivity index (χ4v) is 2.66. The van der Waals surface area contributed by atoms with Crippen LogP contribution in [-0.4, -0.2) is 25.6 Å². The number of nitrogens with two attached hydrogens (primary N) is 1. The van der Waals surface area contributed by atoms with E-state index in [0.717, 1.165) is 0 Å². The minimum atomic E-state index is -3.36. The fraction of sp³-hybridized carbons (Fsp3) is 0.462. The first kappa shape index (κ1) is 15.7. The second kappa shape index (κ2) is 5.71. The van der Waals surface area contributed by atoms with Crippen LogP contribution in [0.3, 0.4) is 0 Å². The summed E-state index contributed by atoms with van der Waals surface area (Å²) in [6.45, 7) is 5.04. The zero-order chi connectivity index (χ0) is 14.7. The van der Waals surface area contributed by atoms with Crippen molar-refractivity contribution in [2.75, 3.05) is 11.1 Å². The van der Waals surface area contributed by atoms with E-state index in [2.05, 4.69) is 5.32 Å². The molecule has 0 aromatic heterocycles. The maximum atomic E-state index is 11.9. The van der Waals surface area contributed by atoms with E-state index >= 15 is 0 Å². The zero-order valence-electron chi connectivity index (χ0n) is 11.4. The number of sulfone groups is 1. The van der Waals surface area contributed by atoms with Crippen LogP contribution in [0.15, 0.2) is 29.2 Å². The van der Waals surface area contributed by atoms with Gasteiger partial charge in [-0.2, -0.15) is 0 Å². The van der Waals surface area contributed by atoms with Gasteiger partial charge in [0.25, 0.3) is 0 Å². The Kier molecular flexibility index (Phi) is 4.70. The zero-order valence-corrected chi connectivity index (χ0v) is 12.3. The Balaban J connectivity index is 3.00. The molecule has 5 nitrogen and oxygen atoms in total. The lowest BCUT2D eigenvalue weighted by Gasteiger charge is -2.18. The lowest BCUT2D eigenvalue weighted by molar-refractivity contribution is -0.117. The van der Waals surface area contributed by atoms with E-state index in [0.29, 0.717) is 5.69 Å². The Hall–Kier alpha value is -1.40. The highest BCUT2D eigenvalue weighted by Gasteiger charge is 2.20. The van der Waals surface area contributed by atoms with Gasteiger partial charge in [0.1, 0.15) is 0 Å². The van der Waals surface area contributed by atoms with Crippen molar-refractivity contribution in [3.8, 4) is 0 Å². The fourth-order valence-electron chi connectivity index (χ4n) is 1.60. The van der Waals surface area contributed by atoms with Gasteiger partial charge in [0, 0.05) is 12.0 Å². The van der Waals surface area contributed by atoms with Crippen LogP contribution in [0.4, 0.5) is 5.69 Å². The quantitative estimate of drug-likeness (QED) is 0.858. The number of nitrogens with one attached hydrogen (secondary N) is 1. The highest BCUT2D eigenvalue weighted by atomic mass is 32.2. The molecule has 0 spiro atoms. The molecule has 0 heterocycles. The number of carbonyl (C=O) groups is 1. The van der Waals surface area contributed by atoms with Crippen molar-refractivity contribution < 1.29 is 13.2 Å². The third-order valence-corrected chi connectivity index (χ3v) is 4.28. The van der Waals surface area contributed by atoms with E-state index < -0.39 is 15.4 Å². The van der Waals surface area contributed by atoms with Gasteiger partial charge in [0.05, 0.1) is 16.3 Å². The maximum absolute atomic E-state index is 11.9. The summed E-state index contributed by atoms with van der Waals surface area (Å²) >= 11 is 0. The van der Waals surface area contributed by atoms with Crippen molar-refractivity contribution in [2.24, 2.45) is 5.73 Å². The van der Waals surface area contributed by atoms with Crippen LogP contribution >= 0.6 is 0 Å². The summed E-state index contributed by atoms with van der Waals surface area (Å²) in [5.74, 6) is -0.311. The molecule has 0 aliphatic rings. The molecule has 0 atom stereocenters. The van der Waals surface area contributed by atoms with Crippen molar-refractivity contribution in [3.05, 3.63) is 24.3 Å². The van der Waals surface area contributed by atoms with Crippen molar-refractivity contribution in [1.82, 2.24) is 0 Å². The Morgan fingerprint density at radius 3 is 2.42 bits per heavy atom. The molecule has 0 bridgehead atoms. The second-order valence-corrected chi connectivity index (χ2v) is 7.36. The largest absolute Gasteiger partial charge is 0.325 e. The van der Waals surface area contributed by atoms with E-state index in [1.165, 1.54) is 6.07 Å². The minimum Gasteiger partial charge on any atom is -0.325 e. The van der Waals surface area contributed by atoms with Gasteiger partial charge in [0.2, 0.25) is 5.91 Å². The van der Waals surface area contributed by atoms with Gasteiger partial charge in [-0.05, 0) is 26.0 Å². The lowest BCUT2D eigenvalue weighted by atomic mass is 10.0. The standard InChI is InChI=1S/C13H20N2O3S/c1-4-19(17,18)11-8-6-5-7-10(11)15-12(16)9-13(2,3)14/h5-8H,4,9,14H2,1-3H3,(H,15,16). The normalized spacial score (nSPS) is 12.2. The first-order valence-corrected chi connectivity index (χ1v) is 7.71. The highest BCUT2D eigenvalue weighted by molar-refractivity contribution is 7.91. The first-order chi connectivity index (χ1) is 8.65. The topological polar surface area (TPSA) is 89.3 Å². The second-order valence-electron chi connectivity index (χ2n) is 5.11. The summed E-state index contributed by atoms with van der Waals surface area (Å²) in [7, 11) is -3.36. The Bertz CT molecular complexity index is 559. The summed E-state index contributed by atoms with van der Waals surface area (Å²) in [4.78, 5) is 11.9. The number of hydrogen-bond acceptors (Lipinski definition) is 4. The summed E-state index contributed by atoms with van der Waals surface area (Å²) in [5.41, 5.74) is 5.43. The van der Waals surface area contributed by atoms with Crippen LogP contribution in [-0.2, 0) is 14.6 Å². The van der Waals surface area contributed by atoms with Gasteiger partial charge >= 0.3 is 0 Å². The molecule has 0 radical (unpaired) electrons. The summed E-state index contributed by atoms with van der Waals surface area (Å²) in [6, 6.07) is 6.37. The van der Waals surface area contributed by atoms with E-state index in [9.17, 15) is 13.2 Å². The average Bonchev–Trinajstić information content (AvgIpc) is 2.27. The van der Waals surface area contributed by atoms with Crippen LogP contribution < -0.4 is 11.1 Å². The lowest BCUT2D eigenvalue weighted by Crippen LogP contribution is -2.36. The number of rotatable bonds is 5. The highest BCUT2D eigenvalue weighted by Crippen LogP contribution is 2.22. The van der Waals surface area contributed by atoms with Crippen LogP contribution in [0.25, 0.3) is 0 Å². The molecule has 1 rings (SSSR count). The maximum Gasteiger partial charge on any atom is 0.226 e. The molecule has 6 heteroatoms. The van der Waals surface area contributed by atoms with E-state index in [-0.39, 0.29) is 23.0 Å². The van der Waals surface area contributed by atoms with Gasteiger partial charge in [0.15, 0.2) is 9.84 Å². The first-order valence-electron chi connectivity index (χ1n) is 6.06. The van der Waals surface area contributed by atoms with Crippen LogP contribution in [0.2, 0.25) is 0 Å². The number of carbonyl (C=O) groups excluding carboxylic acids is 1. The molecule has 19 heavy (non-hydrogen) atoms. The number of hydrogen-bond donors (Lipinski definition) is 2. The van der Waals surface area contributed by atoms with Gasteiger partial charge in [-0.25, -0.2) is 8.42 Å². The molecule has 1 amide bonds. The number of benzene rings is 1. The Morgan fingerprint density at radius 1 is 1.32 bits per heavy atom. The molecule has 0 aliphatic heterocycles. The third kappa shape index (κ3) is 4.65. The Labute approximate surface area is 114 Å². The summed E-state index contributed by atoms with van der Waals surface area (Å²) in [5, 5.41) is 2.61. The van der Waals surface area contributed by atoms with Gasteiger partial charge in [-0.3, -0.25) is 4.79 Å². The molecule has 1 aromatic rings. The monoisotopic (exact) mass is 284 g/mol. The third-order valence-electron chi connectivity index (χ3n) is 2.49. The molecule has 106 valence electrons. The Morgan fingerprint density at radius 2 is 1.89 bits per heavy atom. The van der Waals surface area contributed by atoms with Gasteiger partial charge in [-0.1, -0.05) is 19.1 Å². The van der Waals surface area contributed by atoms with Crippen LogP contribution in [0.5, 0.6) is 0 Å². The summed E-state index contributed by atoms with van der Waals surface area (Å²) in [6.07, 6.45) is 0.119. The van der Waals surface area contributed by atoms with Crippen LogP contribution in [0.1, 0.15) is 27.2 Å². The number of amides is 1. The molecule has 1 aromatic carbocycles. The molecule has 3 N–H and O–H groups in total. The number of anilines is 1. The van der Waals surface area contributed by atoms with Crippen LogP contribution in [0, 0.1) is 0 Å². The predicted octanol–water partition coefficient (Wildman–Crippen LogP) is 1.55. The van der Waals surface area contributed by atoms with E-state index in [1.54, 1.807) is 39.0 Å². The molecule has 0 saturated carbocycles. The van der Waals surface area contributed by atoms with Gasteiger partial charge in [-0.15, -0.1) is 0 Å². The predicted molar refractivity (Wildman–Crippen MR) is 75.7 cm³/mol. The van der Waals surface area contributed by atoms with Gasteiger partial charge < -0.3 is 11.1 Å². The molecule has 0 fully saturated rings. The minimum absolute atomic E-state index is 0.0116. The van der Waals surface area contributed by atoms with Crippen molar-refractivity contribution in [1.29, 1.82) is 0 Å². The molecule has 0 aliphatic carbocycles. The average molecular weight is 284 g/mol. The molecule has 0 unspecified atom stereocenters. The van der Waals surface area contributed by atoms with E-state index in [4.69, 9.17) is 5.73 Å².